The molecule has 1 heterocycles. The summed E-state index contributed by atoms with van der Waals surface area (Å²) in [6.07, 6.45) is 1.80. The third-order valence-electron chi connectivity index (χ3n) is 2.00. The molecule has 1 nitrogen and oxygen atoms in total. The van der Waals surface area contributed by atoms with Gasteiger partial charge in [0.15, 0.2) is 0 Å². The summed E-state index contributed by atoms with van der Waals surface area (Å²) in [7, 11) is 0. The van der Waals surface area contributed by atoms with Gasteiger partial charge >= 0.3 is 0 Å². The van der Waals surface area contributed by atoms with Gasteiger partial charge in [-0.15, -0.1) is 24.2 Å². The highest BCUT2D eigenvalue weighted by atomic mass is 35.5. The van der Waals surface area contributed by atoms with Crippen LogP contribution in [0.4, 0.5) is 0 Å². The Morgan fingerprint density at radius 1 is 1.06 bits per heavy atom. The quantitative estimate of drug-likeness (QED) is 0.731. The number of rotatable bonds is 3. The molecular formula is C12H10Cl3NS. The minimum Gasteiger partial charge on any atom is -0.260 e. The molecule has 0 aliphatic heterocycles. The van der Waals surface area contributed by atoms with Crippen LogP contribution in [-0.4, -0.2) is 4.98 Å². The molecule has 2 rings (SSSR count). The molecule has 0 saturated carbocycles. The number of hydrogen-bond acceptors (Lipinski definition) is 2. The Labute approximate surface area is 121 Å². The summed E-state index contributed by atoms with van der Waals surface area (Å²) in [6.45, 7) is 0. The van der Waals surface area contributed by atoms with Crippen molar-refractivity contribution in [3.63, 3.8) is 0 Å². The molecule has 90 valence electrons. The van der Waals surface area contributed by atoms with E-state index in [2.05, 4.69) is 4.98 Å². The maximum absolute atomic E-state index is 5.93. The molecule has 5 heteroatoms. The van der Waals surface area contributed by atoms with Crippen LogP contribution in [0.15, 0.2) is 47.5 Å². The van der Waals surface area contributed by atoms with Crippen molar-refractivity contribution >= 4 is 47.4 Å². The van der Waals surface area contributed by atoms with Gasteiger partial charge in [-0.3, -0.25) is 4.98 Å². The van der Waals surface area contributed by atoms with E-state index in [4.69, 9.17) is 23.2 Å². The predicted molar refractivity (Wildman–Crippen MR) is 77.5 cm³/mol. The van der Waals surface area contributed by atoms with Crippen LogP contribution in [0.5, 0.6) is 0 Å². The third kappa shape index (κ3) is 4.40. The van der Waals surface area contributed by atoms with Gasteiger partial charge in [-0.1, -0.05) is 29.3 Å². The molecule has 0 N–H and O–H groups in total. The first-order valence-corrected chi connectivity index (χ1v) is 6.47. The molecule has 0 amide bonds. The second kappa shape index (κ2) is 7.12. The van der Waals surface area contributed by atoms with Crippen LogP contribution < -0.4 is 0 Å². The van der Waals surface area contributed by atoms with Crippen LogP contribution in [0.25, 0.3) is 0 Å². The van der Waals surface area contributed by atoms with E-state index in [1.54, 1.807) is 18.0 Å². The normalized spacial score (nSPS) is 9.76. The lowest BCUT2D eigenvalue weighted by Gasteiger charge is -2.02. The lowest BCUT2D eigenvalue weighted by atomic mass is 10.4. The lowest BCUT2D eigenvalue weighted by Crippen LogP contribution is -1.84. The maximum atomic E-state index is 5.93. The standard InChI is InChI=1S/C12H9Cl2NS.ClH/c13-11-5-4-10(7-12(11)14)16-8-9-3-1-2-6-15-9;/h1-7H,8H2;1H. The topological polar surface area (TPSA) is 12.9 Å². The molecule has 0 atom stereocenters. The van der Waals surface area contributed by atoms with Gasteiger partial charge in [-0.2, -0.15) is 0 Å². The Bertz CT molecular complexity index is 476. The second-order valence-electron chi connectivity index (χ2n) is 3.19. The minimum atomic E-state index is 0. The van der Waals surface area contributed by atoms with Crippen molar-refractivity contribution in [1.82, 2.24) is 4.98 Å². The molecule has 0 fully saturated rings. The summed E-state index contributed by atoms with van der Waals surface area (Å²) >= 11 is 13.5. The summed E-state index contributed by atoms with van der Waals surface area (Å²) in [5.74, 6) is 0.832. The molecule has 1 aromatic heterocycles. The van der Waals surface area contributed by atoms with E-state index in [9.17, 15) is 0 Å². The zero-order valence-corrected chi connectivity index (χ0v) is 11.9. The highest BCUT2D eigenvalue weighted by molar-refractivity contribution is 7.98. The van der Waals surface area contributed by atoms with Crippen LogP contribution in [0.3, 0.4) is 0 Å². The molecule has 0 spiro atoms. The zero-order chi connectivity index (χ0) is 11.4. The molecule has 0 bridgehead atoms. The van der Waals surface area contributed by atoms with Crippen molar-refractivity contribution in [2.24, 2.45) is 0 Å². The third-order valence-corrected chi connectivity index (χ3v) is 3.77. The van der Waals surface area contributed by atoms with Crippen LogP contribution in [0, 0.1) is 0 Å². The van der Waals surface area contributed by atoms with Crippen molar-refractivity contribution in [2.45, 2.75) is 10.6 Å². The van der Waals surface area contributed by atoms with Crippen molar-refractivity contribution in [3.8, 4) is 0 Å². The minimum absolute atomic E-state index is 0. The first-order chi connectivity index (χ1) is 7.75. The lowest BCUT2D eigenvalue weighted by molar-refractivity contribution is 1.17. The predicted octanol–water partition coefficient (Wildman–Crippen LogP) is 5.10. The Morgan fingerprint density at radius 3 is 2.53 bits per heavy atom. The van der Waals surface area contributed by atoms with Gasteiger partial charge in [0.2, 0.25) is 0 Å². The average Bonchev–Trinajstić information content (AvgIpc) is 2.32. The number of halogens is 3. The molecule has 17 heavy (non-hydrogen) atoms. The van der Waals surface area contributed by atoms with Crippen molar-refractivity contribution < 1.29 is 0 Å². The largest absolute Gasteiger partial charge is 0.260 e. The highest BCUT2D eigenvalue weighted by Crippen LogP contribution is 2.29. The van der Waals surface area contributed by atoms with E-state index in [0.717, 1.165) is 16.3 Å². The van der Waals surface area contributed by atoms with E-state index in [0.29, 0.717) is 10.0 Å². The van der Waals surface area contributed by atoms with E-state index >= 15 is 0 Å². The summed E-state index contributed by atoms with van der Waals surface area (Å²) in [5.41, 5.74) is 1.05. The van der Waals surface area contributed by atoms with Crippen molar-refractivity contribution in [3.05, 3.63) is 58.3 Å². The maximum Gasteiger partial charge on any atom is 0.0603 e. The van der Waals surface area contributed by atoms with E-state index in [-0.39, 0.29) is 12.4 Å². The number of pyridine rings is 1. The van der Waals surface area contributed by atoms with Gasteiger partial charge in [0, 0.05) is 16.8 Å². The summed E-state index contributed by atoms with van der Waals surface area (Å²) in [5, 5.41) is 1.18. The van der Waals surface area contributed by atoms with Gasteiger partial charge in [-0.05, 0) is 30.3 Å². The molecule has 0 radical (unpaired) electrons. The Morgan fingerprint density at radius 2 is 1.88 bits per heavy atom. The zero-order valence-electron chi connectivity index (χ0n) is 8.77. The fourth-order valence-electron chi connectivity index (χ4n) is 1.21. The van der Waals surface area contributed by atoms with Crippen LogP contribution in [-0.2, 0) is 5.75 Å². The van der Waals surface area contributed by atoms with Gasteiger partial charge in [0.25, 0.3) is 0 Å². The monoisotopic (exact) mass is 305 g/mol. The van der Waals surface area contributed by atoms with Gasteiger partial charge in [-0.25, -0.2) is 0 Å². The SMILES string of the molecule is Cl.Clc1ccc(SCc2ccccn2)cc1Cl. The van der Waals surface area contributed by atoms with Gasteiger partial charge in [0.05, 0.1) is 15.7 Å². The van der Waals surface area contributed by atoms with Crippen LogP contribution >= 0.6 is 47.4 Å². The average molecular weight is 307 g/mol. The number of nitrogens with zero attached hydrogens (tertiary/aromatic N) is 1. The molecule has 0 aliphatic carbocycles. The number of benzene rings is 1. The van der Waals surface area contributed by atoms with E-state index < -0.39 is 0 Å². The number of aromatic nitrogens is 1. The smallest absolute Gasteiger partial charge is 0.0603 e. The summed E-state index contributed by atoms with van der Waals surface area (Å²) in [6, 6.07) is 11.5. The number of thioether (sulfide) groups is 1. The first kappa shape index (κ1) is 14.7. The van der Waals surface area contributed by atoms with Crippen LogP contribution in [0.1, 0.15) is 5.69 Å². The van der Waals surface area contributed by atoms with E-state index in [1.165, 1.54) is 0 Å². The molecule has 0 aliphatic rings. The van der Waals surface area contributed by atoms with Gasteiger partial charge in [0.1, 0.15) is 0 Å². The molecular weight excluding hydrogens is 297 g/mol. The van der Waals surface area contributed by atoms with E-state index in [1.807, 2.05) is 36.4 Å². The molecule has 1 aromatic carbocycles. The second-order valence-corrected chi connectivity index (χ2v) is 5.05. The molecule has 2 aromatic rings. The number of hydrogen-bond donors (Lipinski definition) is 0. The first-order valence-electron chi connectivity index (χ1n) is 4.73. The Balaban J connectivity index is 0.00000144. The van der Waals surface area contributed by atoms with Crippen LogP contribution in [0.2, 0.25) is 10.0 Å². The molecule has 0 saturated heterocycles. The highest BCUT2D eigenvalue weighted by Gasteiger charge is 2.01. The summed E-state index contributed by atoms with van der Waals surface area (Å²) in [4.78, 5) is 5.35. The van der Waals surface area contributed by atoms with Gasteiger partial charge < -0.3 is 0 Å². The summed E-state index contributed by atoms with van der Waals surface area (Å²) < 4.78 is 0. The Hall–Kier alpha value is -0.410. The Kier molecular flexibility index (Phi) is 6.14. The fourth-order valence-corrected chi connectivity index (χ4v) is 2.42. The van der Waals surface area contributed by atoms with Crippen molar-refractivity contribution in [2.75, 3.05) is 0 Å². The molecule has 0 unspecified atom stereocenters. The fraction of sp³-hybridized carbons (Fsp3) is 0.0833. The van der Waals surface area contributed by atoms with Crippen molar-refractivity contribution in [1.29, 1.82) is 0 Å².